The first-order valence-electron chi connectivity index (χ1n) is 4.64. The van der Waals surface area contributed by atoms with Gasteiger partial charge in [-0.2, -0.15) is 10.2 Å². The van der Waals surface area contributed by atoms with Crippen LogP contribution >= 0.6 is 11.6 Å². The maximum absolute atomic E-state index is 11.7. The summed E-state index contributed by atoms with van der Waals surface area (Å²) < 4.78 is 0. The second-order valence-electron chi connectivity index (χ2n) is 3.55. The van der Waals surface area contributed by atoms with E-state index in [4.69, 9.17) is 16.9 Å². The molecule has 84 valence electrons. The summed E-state index contributed by atoms with van der Waals surface area (Å²) in [5.41, 5.74) is 1.37. The third kappa shape index (κ3) is 2.44. The van der Waals surface area contributed by atoms with Gasteiger partial charge < -0.3 is 4.90 Å². The zero-order valence-corrected chi connectivity index (χ0v) is 10.1. The van der Waals surface area contributed by atoms with Gasteiger partial charge in [-0.1, -0.05) is 17.7 Å². The number of benzene rings is 1. The molecule has 0 saturated carbocycles. The number of aryl methyl sites for hydroxylation is 1. The molecule has 5 heteroatoms. The fourth-order valence-corrected chi connectivity index (χ4v) is 1.31. The van der Waals surface area contributed by atoms with Crippen molar-refractivity contribution in [2.45, 2.75) is 6.92 Å². The number of nitrogens with zero attached hydrogens (tertiary/aromatic N) is 3. The average molecular weight is 238 g/mol. The summed E-state index contributed by atoms with van der Waals surface area (Å²) in [5, 5.41) is 9.48. The first-order valence-corrected chi connectivity index (χ1v) is 5.02. The number of carbonyl (C=O) groups excluding carboxylic acids is 1. The van der Waals surface area contributed by atoms with Gasteiger partial charge in [0.1, 0.15) is 0 Å². The fraction of sp³-hybridized carbons (Fsp3) is 0.273. The molecule has 0 atom stereocenters. The smallest absolute Gasteiger partial charge is 0.330 e. The Morgan fingerprint density at radius 3 is 2.50 bits per heavy atom. The largest absolute Gasteiger partial charge is 0.337 e. The van der Waals surface area contributed by atoms with Crippen LogP contribution in [-0.4, -0.2) is 25.0 Å². The number of urea groups is 1. The minimum absolute atomic E-state index is 0.401. The van der Waals surface area contributed by atoms with Crippen LogP contribution in [0.1, 0.15) is 5.56 Å². The third-order valence-corrected chi connectivity index (χ3v) is 2.49. The summed E-state index contributed by atoms with van der Waals surface area (Å²) in [5.74, 6) is 0. The van der Waals surface area contributed by atoms with Crippen LogP contribution in [0.4, 0.5) is 10.5 Å². The molecule has 0 aliphatic rings. The molecule has 0 saturated heterocycles. The summed E-state index contributed by atoms with van der Waals surface area (Å²) in [4.78, 5) is 14.0. The van der Waals surface area contributed by atoms with E-state index >= 15 is 0 Å². The average Bonchev–Trinajstić information content (AvgIpc) is 2.24. The summed E-state index contributed by atoms with van der Waals surface area (Å²) in [7, 11) is 3.17. The Labute approximate surface area is 99.6 Å². The molecule has 1 aromatic carbocycles. The quantitative estimate of drug-likeness (QED) is 0.557. The van der Waals surface area contributed by atoms with Crippen LogP contribution in [-0.2, 0) is 0 Å². The summed E-state index contributed by atoms with van der Waals surface area (Å²) in [6.45, 7) is 1.86. The Hall–Kier alpha value is -1.73. The molecule has 1 rings (SSSR count). The van der Waals surface area contributed by atoms with E-state index in [9.17, 15) is 4.79 Å². The zero-order chi connectivity index (χ0) is 12.3. The molecule has 2 amide bonds. The van der Waals surface area contributed by atoms with Crippen LogP contribution < -0.4 is 4.90 Å². The van der Waals surface area contributed by atoms with Gasteiger partial charge in [0.2, 0.25) is 0 Å². The van der Waals surface area contributed by atoms with Gasteiger partial charge in [0.25, 0.3) is 0 Å². The second kappa shape index (κ2) is 4.86. The summed E-state index contributed by atoms with van der Waals surface area (Å²) in [6, 6.07) is 4.65. The number of hydrogen-bond acceptors (Lipinski definition) is 2. The Morgan fingerprint density at radius 1 is 1.44 bits per heavy atom. The monoisotopic (exact) mass is 237 g/mol. The number of amides is 2. The lowest BCUT2D eigenvalue weighted by Gasteiger charge is -2.19. The minimum Gasteiger partial charge on any atom is -0.330 e. The molecule has 0 radical (unpaired) electrons. The molecular formula is C11H12ClN3O. The van der Waals surface area contributed by atoms with E-state index in [1.165, 1.54) is 4.90 Å². The van der Waals surface area contributed by atoms with Crippen LogP contribution in [0.5, 0.6) is 0 Å². The predicted molar refractivity (Wildman–Crippen MR) is 63.4 cm³/mol. The van der Waals surface area contributed by atoms with Crippen LogP contribution in [0.2, 0.25) is 5.02 Å². The summed E-state index contributed by atoms with van der Waals surface area (Å²) >= 11 is 5.94. The van der Waals surface area contributed by atoms with Gasteiger partial charge in [-0.25, -0.2) is 4.79 Å². The molecule has 0 fully saturated rings. The minimum atomic E-state index is -0.401. The number of halogens is 1. The lowest BCUT2D eigenvalue weighted by atomic mass is 10.2. The third-order valence-electron chi connectivity index (χ3n) is 2.09. The van der Waals surface area contributed by atoms with E-state index < -0.39 is 6.03 Å². The van der Waals surface area contributed by atoms with Crippen molar-refractivity contribution in [3.63, 3.8) is 0 Å². The van der Waals surface area contributed by atoms with Crippen LogP contribution in [0.3, 0.4) is 0 Å². The van der Waals surface area contributed by atoms with Crippen molar-refractivity contribution in [1.82, 2.24) is 4.90 Å². The molecule has 0 N–H and O–H groups in total. The molecule has 4 nitrogen and oxygen atoms in total. The number of rotatable bonds is 1. The fourth-order valence-electron chi connectivity index (χ4n) is 1.13. The maximum atomic E-state index is 11.7. The van der Waals surface area contributed by atoms with Gasteiger partial charge in [0.15, 0.2) is 6.19 Å². The highest BCUT2D eigenvalue weighted by Gasteiger charge is 2.17. The summed E-state index contributed by atoms with van der Waals surface area (Å²) in [6.07, 6.45) is 1.83. The molecule has 0 aliphatic heterocycles. The molecule has 0 spiro atoms. The topological polar surface area (TPSA) is 47.3 Å². The van der Waals surface area contributed by atoms with E-state index in [0.717, 1.165) is 10.5 Å². The molecule has 16 heavy (non-hydrogen) atoms. The number of anilines is 1. The molecule has 0 unspecified atom stereocenters. The number of carbonyl (C=O) groups is 1. The predicted octanol–water partition coefficient (Wildman–Crippen LogP) is 2.62. The van der Waals surface area contributed by atoms with Gasteiger partial charge in [0, 0.05) is 19.1 Å². The van der Waals surface area contributed by atoms with Crippen molar-refractivity contribution in [1.29, 1.82) is 5.26 Å². The van der Waals surface area contributed by atoms with Gasteiger partial charge in [-0.15, -0.1) is 0 Å². The number of hydrogen-bond donors (Lipinski definition) is 0. The highest BCUT2D eigenvalue weighted by atomic mass is 35.5. The molecule has 0 bridgehead atoms. The highest BCUT2D eigenvalue weighted by Crippen LogP contribution is 2.23. The second-order valence-corrected chi connectivity index (χ2v) is 3.95. The standard InChI is InChI=1S/C11H12ClN3O/c1-8-4-5-9(6-10(8)12)15(7-13)11(16)14(2)3/h4-6H,1-3H3. The van der Waals surface area contributed by atoms with E-state index in [2.05, 4.69) is 0 Å². The van der Waals surface area contributed by atoms with E-state index in [0.29, 0.717) is 10.7 Å². The van der Waals surface area contributed by atoms with E-state index in [1.807, 2.05) is 13.1 Å². The van der Waals surface area contributed by atoms with Gasteiger partial charge in [-0.05, 0) is 24.6 Å². The Balaban J connectivity index is 3.11. The van der Waals surface area contributed by atoms with Crippen molar-refractivity contribution in [3.05, 3.63) is 28.8 Å². The van der Waals surface area contributed by atoms with Crippen molar-refractivity contribution >= 4 is 23.3 Å². The lowest BCUT2D eigenvalue weighted by molar-refractivity contribution is 0.226. The first kappa shape index (κ1) is 12.3. The SMILES string of the molecule is Cc1ccc(N(C#N)C(=O)N(C)C)cc1Cl. The van der Waals surface area contributed by atoms with Crippen LogP contribution in [0.25, 0.3) is 0 Å². The van der Waals surface area contributed by atoms with Crippen molar-refractivity contribution in [2.24, 2.45) is 0 Å². The normalized spacial score (nSPS) is 9.44. The molecular weight excluding hydrogens is 226 g/mol. The van der Waals surface area contributed by atoms with Crippen LogP contribution in [0.15, 0.2) is 18.2 Å². The molecule has 0 heterocycles. The van der Waals surface area contributed by atoms with Crippen molar-refractivity contribution < 1.29 is 4.79 Å². The van der Waals surface area contributed by atoms with Gasteiger partial charge >= 0.3 is 6.03 Å². The first-order chi connectivity index (χ1) is 7.47. The molecule has 0 aromatic heterocycles. The Kier molecular flexibility index (Phi) is 3.75. The molecule has 1 aromatic rings. The van der Waals surface area contributed by atoms with Crippen LogP contribution in [0, 0.1) is 18.4 Å². The van der Waals surface area contributed by atoms with Crippen molar-refractivity contribution in [2.75, 3.05) is 19.0 Å². The number of nitriles is 1. The maximum Gasteiger partial charge on any atom is 0.337 e. The lowest BCUT2D eigenvalue weighted by Crippen LogP contribution is -2.35. The van der Waals surface area contributed by atoms with E-state index in [1.54, 1.807) is 32.3 Å². The molecule has 0 aliphatic carbocycles. The Morgan fingerprint density at radius 2 is 2.06 bits per heavy atom. The van der Waals surface area contributed by atoms with Gasteiger partial charge in [0.05, 0.1) is 5.69 Å². The van der Waals surface area contributed by atoms with E-state index in [-0.39, 0.29) is 0 Å². The van der Waals surface area contributed by atoms with Gasteiger partial charge in [-0.3, -0.25) is 0 Å². The Bertz CT molecular complexity index is 451. The highest BCUT2D eigenvalue weighted by molar-refractivity contribution is 6.31. The zero-order valence-electron chi connectivity index (χ0n) is 9.36. The van der Waals surface area contributed by atoms with Crippen molar-refractivity contribution in [3.8, 4) is 6.19 Å².